The van der Waals surface area contributed by atoms with Gasteiger partial charge in [-0.15, -0.1) is 0 Å². The fraction of sp³-hybridized carbons (Fsp3) is 0.241. The average Bonchev–Trinajstić information content (AvgIpc) is 3.02. The SMILES string of the molecule is CN(C)c1ccc(C2C3=C(CC(c4ccc(Cl)cc4)CC3=O)Nc3ccccc3N2C(=O)C(F)(F)F)cc1. The summed E-state index contributed by atoms with van der Waals surface area (Å²) in [4.78, 5) is 29.4. The molecule has 0 saturated heterocycles. The fourth-order valence-corrected chi connectivity index (χ4v) is 5.32. The van der Waals surface area contributed by atoms with Gasteiger partial charge < -0.3 is 10.2 Å². The number of halogens is 4. The molecular weight excluding hydrogens is 515 g/mol. The van der Waals surface area contributed by atoms with Crippen LogP contribution in [0.15, 0.2) is 84.1 Å². The zero-order valence-corrected chi connectivity index (χ0v) is 21.5. The number of allylic oxidation sites excluding steroid dienone is 1. The van der Waals surface area contributed by atoms with Crippen molar-refractivity contribution >= 4 is 40.4 Å². The molecule has 2 unspecified atom stereocenters. The molecule has 9 heteroatoms. The van der Waals surface area contributed by atoms with Crippen LogP contribution in [0.4, 0.5) is 30.2 Å². The van der Waals surface area contributed by atoms with E-state index in [1.165, 1.54) is 6.07 Å². The summed E-state index contributed by atoms with van der Waals surface area (Å²) in [6.07, 6.45) is -4.67. The van der Waals surface area contributed by atoms with Crippen molar-refractivity contribution in [3.05, 3.63) is 100 Å². The molecule has 2 aliphatic rings. The number of Topliss-reactive ketones (excluding diaryl/α,β-unsaturated/α-hetero) is 1. The van der Waals surface area contributed by atoms with Gasteiger partial charge in [0.15, 0.2) is 5.78 Å². The number of nitrogens with one attached hydrogen (secondary N) is 1. The lowest BCUT2D eigenvalue weighted by molar-refractivity contribution is -0.170. The molecule has 3 aromatic rings. The maximum atomic E-state index is 14.0. The van der Waals surface area contributed by atoms with Crippen molar-refractivity contribution in [2.75, 3.05) is 29.2 Å². The van der Waals surface area contributed by atoms with Crippen LogP contribution in [-0.2, 0) is 9.59 Å². The smallest absolute Gasteiger partial charge is 0.378 e. The highest BCUT2D eigenvalue weighted by molar-refractivity contribution is 6.30. The second-order valence-electron chi connectivity index (χ2n) is 9.68. The molecule has 1 heterocycles. The van der Waals surface area contributed by atoms with E-state index in [4.69, 9.17) is 11.6 Å². The summed E-state index contributed by atoms with van der Waals surface area (Å²) in [5, 5.41) is 3.80. The van der Waals surface area contributed by atoms with Gasteiger partial charge in [0.25, 0.3) is 0 Å². The molecule has 38 heavy (non-hydrogen) atoms. The van der Waals surface area contributed by atoms with E-state index in [0.717, 1.165) is 16.2 Å². The van der Waals surface area contributed by atoms with E-state index in [0.29, 0.717) is 28.4 Å². The molecule has 0 aromatic heterocycles. The summed E-state index contributed by atoms with van der Waals surface area (Å²) in [6.45, 7) is 0. The number of nitrogens with zero attached hydrogens (tertiary/aromatic N) is 2. The lowest BCUT2D eigenvalue weighted by atomic mass is 9.78. The molecular formula is C29H25ClF3N3O2. The van der Waals surface area contributed by atoms with Crippen molar-refractivity contribution in [2.24, 2.45) is 0 Å². The molecule has 1 aliphatic carbocycles. The van der Waals surface area contributed by atoms with Crippen molar-refractivity contribution in [1.82, 2.24) is 0 Å². The van der Waals surface area contributed by atoms with Crippen molar-refractivity contribution < 1.29 is 22.8 Å². The van der Waals surface area contributed by atoms with Crippen LogP contribution in [0.2, 0.25) is 5.02 Å². The first-order chi connectivity index (χ1) is 18.0. The number of alkyl halides is 3. The van der Waals surface area contributed by atoms with Crippen LogP contribution in [-0.4, -0.2) is 32.0 Å². The second-order valence-corrected chi connectivity index (χ2v) is 10.1. The molecule has 0 spiro atoms. The Kier molecular flexibility index (Phi) is 6.69. The molecule has 0 bridgehead atoms. The van der Waals surface area contributed by atoms with Gasteiger partial charge in [0.1, 0.15) is 0 Å². The van der Waals surface area contributed by atoms with E-state index >= 15 is 0 Å². The summed E-state index contributed by atoms with van der Waals surface area (Å²) in [5.74, 6) is -2.54. The molecule has 5 nitrogen and oxygen atoms in total. The van der Waals surface area contributed by atoms with Crippen LogP contribution in [0.1, 0.15) is 35.9 Å². The van der Waals surface area contributed by atoms with Gasteiger partial charge >= 0.3 is 12.1 Å². The van der Waals surface area contributed by atoms with Crippen LogP contribution < -0.4 is 15.1 Å². The zero-order chi connectivity index (χ0) is 27.2. The summed E-state index contributed by atoms with van der Waals surface area (Å²) in [7, 11) is 3.70. The lowest BCUT2D eigenvalue weighted by Gasteiger charge is -2.35. The number of rotatable bonds is 3. The molecule has 0 radical (unpaired) electrons. The van der Waals surface area contributed by atoms with Crippen molar-refractivity contribution in [3.63, 3.8) is 0 Å². The van der Waals surface area contributed by atoms with Gasteiger partial charge in [-0.3, -0.25) is 14.5 Å². The first kappa shape index (κ1) is 25.9. The first-order valence-electron chi connectivity index (χ1n) is 12.1. The number of carbonyl (C=O) groups excluding carboxylic acids is 2. The Morgan fingerprint density at radius 3 is 2.21 bits per heavy atom. The molecule has 2 atom stereocenters. The minimum absolute atomic E-state index is 0.0572. The van der Waals surface area contributed by atoms with Gasteiger partial charge in [0.05, 0.1) is 17.4 Å². The number of para-hydroxylation sites is 2. The largest absolute Gasteiger partial charge is 0.471 e. The molecule has 196 valence electrons. The number of carbonyl (C=O) groups is 2. The Hall–Kier alpha value is -3.78. The highest BCUT2D eigenvalue weighted by Gasteiger charge is 2.49. The summed E-state index contributed by atoms with van der Waals surface area (Å²) < 4.78 is 42.1. The number of hydrogen-bond acceptors (Lipinski definition) is 4. The minimum Gasteiger partial charge on any atom is -0.378 e. The van der Waals surface area contributed by atoms with Crippen LogP contribution >= 0.6 is 11.6 Å². The Balaban J connectivity index is 1.71. The van der Waals surface area contributed by atoms with Crippen LogP contribution in [0.3, 0.4) is 0 Å². The number of ketones is 1. The number of anilines is 3. The number of fused-ring (bicyclic) bond motifs is 1. The third-order valence-corrected chi connectivity index (χ3v) is 7.27. The predicted molar refractivity (Wildman–Crippen MR) is 143 cm³/mol. The van der Waals surface area contributed by atoms with E-state index in [9.17, 15) is 22.8 Å². The fourth-order valence-electron chi connectivity index (χ4n) is 5.19. The average molecular weight is 540 g/mol. The first-order valence-corrected chi connectivity index (χ1v) is 12.5. The van der Waals surface area contributed by atoms with E-state index in [1.807, 2.05) is 31.1 Å². The van der Waals surface area contributed by atoms with Gasteiger partial charge in [-0.05, 0) is 59.9 Å². The van der Waals surface area contributed by atoms with Crippen LogP contribution in [0.25, 0.3) is 0 Å². The van der Waals surface area contributed by atoms with E-state index in [-0.39, 0.29) is 29.4 Å². The van der Waals surface area contributed by atoms with Gasteiger partial charge in [0.2, 0.25) is 0 Å². The highest BCUT2D eigenvalue weighted by Crippen LogP contribution is 2.48. The summed E-state index contributed by atoms with van der Waals surface area (Å²) in [6, 6.07) is 19.2. The topological polar surface area (TPSA) is 52.7 Å². The van der Waals surface area contributed by atoms with Crippen molar-refractivity contribution in [3.8, 4) is 0 Å². The Morgan fingerprint density at radius 2 is 1.58 bits per heavy atom. The standard InChI is InChI=1S/C29H25ClF3N3O2/c1-35(2)21-13-9-18(10-14-21)27-26-23(15-19(16-25(26)37)17-7-11-20(30)12-8-17)34-22-5-3-4-6-24(22)36(27)28(38)29(31,32)33/h3-14,19,27,34H,15-16H2,1-2H3. The van der Waals surface area contributed by atoms with E-state index < -0.39 is 18.1 Å². The molecule has 1 aliphatic heterocycles. The second kappa shape index (κ2) is 9.83. The Bertz CT molecular complexity index is 1420. The Labute approximate surface area is 223 Å². The third kappa shape index (κ3) is 4.76. The highest BCUT2D eigenvalue weighted by atomic mass is 35.5. The van der Waals surface area contributed by atoms with Crippen molar-refractivity contribution in [2.45, 2.75) is 31.0 Å². The zero-order valence-electron chi connectivity index (χ0n) is 20.7. The maximum Gasteiger partial charge on any atom is 0.471 e. The van der Waals surface area contributed by atoms with Gasteiger partial charge in [0, 0.05) is 42.5 Å². The molecule has 3 aromatic carbocycles. The minimum atomic E-state index is -5.15. The quantitative estimate of drug-likeness (QED) is 0.395. The molecule has 0 fully saturated rings. The van der Waals surface area contributed by atoms with Gasteiger partial charge in [-0.1, -0.05) is 48.0 Å². The normalized spacial score (nSPS) is 19.3. The van der Waals surface area contributed by atoms with Crippen LogP contribution in [0.5, 0.6) is 0 Å². The van der Waals surface area contributed by atoms with Gasteiger partial charge in [-0.2, -0.15) is 13.2 Å². The van der Waals surface area contributed by atoms with Crippen molar-refractivity contribution in [1.29, 1.82) is 0 Å². The molecule has 0 saturated carbocycles. The van der Waals surface area contributed by atoms with Gasteiger partial charge in [-0.25, -0.2) is 0 Å². The monoisotopic (exact) mass is 539 g/mol. The molecule has 1 amide bonds. The third-order valence-electron chi connectivity index (χ3n) is 7.02. The summed E-state index contributed by atoms with van der Waals surface area (Å²) in [5.41, 5.74) is 3.22. The van der Waals surface area contributed by atoms with E-state index in [2.05, 4.69) is 5.32 Å². The number of benzene rings is 3. The Morgan fingerprint density at radius 1 is 0.947 bits per heavy atom. The number of hydrogen-bond donors (Lipinski definition) is 1. The summed E-state index contributed by atoms with van der Waals surface area (Å²) >= 11 is 6.05. The number of amides is 1. The van der Waals surface area contributed by atoms with Crippen LogP contribution in [0, 0.1) is 0 Å². The molecule has 5 rings (SSSR count). The predicted octanol–water partition coefficient (Wildman–Crippen LogP) is 6.87. The lowest BCUT2D eigenvalue weighted by Crippen LogP contribution is -2.45. The maximum absolute atomic E-state index is 14.0. The van der Waals surface area contributed by atoms with E-state index in [1.54, 1.807) is 54.6 Å². The molecule has 1 N–H and O–H groups in total.